The Morgan fingerprint density at radius 1 is 1.12 bits per heavy atom. The highest BCUT2D eigenvalue weighted by Gasteiger charge is 2.35. The van der Waals surface area contributed by atoms with Crippen LogP contribution in [0, 0.1) is 5.82 Å². The number of carbonyl (C=O) groups is 1. The van der Waals surface area contributed by atoms with E-state index in [4.69, 9.17) is 4.74 Å². The van der Waals surface area contributed by atoms with Crippen LogP contribution < -0.4 is 5.32 Å². The van der Waals surface area contributed by atoms with E-state index in [9.17, 15) is 9.18 Å². The number of amides is 1. The third kappa shape index (κ3) is 5.08. The molecule has 0 spiro atoms. The molecule has 1 aliphatic rings. The van der Waals surface area contributed by atoms with Crippen LogP contribution in [-0.2, 0) is 14.9 Å². The van der Waals surface area contributed by atoms with Crippen LogP contribution in [0.4, 0.5) is 4.39 Å². The molecule has 0 aliphatic carbocycles. The van der Waals surface area contributed by atoms with Crippen LogP contribution in [0.3, 0.4) is 0 Å². The molecule has 1 saturated heterocycles. The summed E-state index contributed by atoms with van der Waals surface area (Å²) in [5, 5.41) is 3.07. The van der Waals surface area contributed by atoms with E-state index in [1.165, 1.54) is 11.0 Å². The van der Waals surface area contributed by atoms with Crippen molar-refractivity contribution >= 4 is 17.7 Å². The van der Waals surface area contributed by atoms with Gasteiger partial charge >= 0.3 is 0 Å². The zero-order chi connectivity index (χ0) is 18.2. The summed E-state index contributed by atoms with van der Waals surface area (Å²) in [6.07, 6.45) is 2.04. The maximum atomic E-state index is 13.7. The minimum absolute atomic E-state index is 0.0377. The first-order chi connectivity index (χ1) is 12.7. The zero-order valence-corrected chi connectivity index (χ0v) is 15.6. The van der Waals surface area contributed by atoms with Crippen molar-refractivity contribution in [3.63, 3.8) is 0 Å². The second-order valence-corrected chi connectivity index (χ2v) is 7.76. The van der Waals surface area contributed by atoms with Gasteiger partial charge in [0.1, 0.15) is 5.82 Å². The fraction of sp³-hybridized carbons (Fsp3) is 0.381. The lowest BCUT2D eigenvalue weighted by molar-refractivity contribution is -0.121. The predicted molar refractivity (Wildman–Crippen MR) is 103 cm³/mol. The number of benzene rings is 2. The number of ether oxygens (including phenoxy) is 1. The smallest absolute Gasteiger partial charge is 0.220 e. The Hall–Kier alpha value is -1.85. The molecule has 0 unspecified atom stereocenters. The Morgan fingerprint density at radius 3 is 2.62 bits per heavy atom. The monoisotopic (exact) mass is 373 g/mol. The molecule has 2 aromatic rings. The molecule has 3 nitrogen and oxygen atoms in total. The van der Waals surface area contributed by atoms with Crippen LogP contribution in [-0.4, -0.2) is 31.4 Å². The first-order valence-electron chi connectivity index (χ1n) is 8.96. The Bertz CT molecular complexity index is 717. The van der Waals surface area contributed by atoms with Gasteiger partial charge in [-0.25, -0.2) is 4.39 Å². The van der Waals surface area contributed by atoms with E-state index < -0.39 is 0 Å². The minimum atomic E-state index is -0.247. The van der Waals surface area contributed by atoms with Gasteiger partial charge in [0.05, 0.1) is 0 Å². The lowest BCUT2D eigenvalue weighted by atomic mass is 9.74. The first-order valence-corrected chi connectivity index (χ1v) is 9.95. The number of hydrogen-bond acceptors (Lipinski definition) is 3. The van der Waals surface area contributed by atoms with E-state index in [0.29, 0.717) is 26.2 Å². The summed E-state index contributed by atoms with van der Waals surface area (Å²) in [5.41, 5.74) is 0.697. The van der Waals surface area contributed by atoms with E-state index in [-0.39, 0.29) is 17.1 Å². The molecule has 1 aliphatic heterocycles. The summed E-state index contributed by atoms with van der Waals surface area (Å²) >= 11 is 1.68. The Morgan fingerprint density at radius 2 is 1.88 bits per heavy atom. The van der Waals surface area contributed by atoms with E-state index in [1.54, 1.807) is 23.9 Å². The van der Waals surface area contributed by atoms with Gasteiger partial charge in [-0.3, -0.25) is 4.79 Å². The number of thioether (sulfide) groups is 1. The molecule has 3 rings (SSSR count). The van der Waals surface area contributed by atoms with Gasteiger partial charge in [0, 0.05) is 42.2 Å². The van der Waals surface area contributed by atoms with Crippen molar-refractivity contribution in [1.82, 2.24) is 5.32 Å². The van der Waals surface area contributed by atoms with E-state index in [0.717, 1.165) is 24.2 Å². The molecule has 0 radical (unpaired) electrons. The van der Waals surface area contributed by atoms with E-state index >= 15 is 0 Å². The second kappa shape index (κ2) is 9.19. The van der Waals surface area contributed by atoms with Crippen molar-refractivity contribution in [2.24, 2.45) is 0 Å². The van der Waals surface area contributed by atoms with Crippen molar-refractivity contribution in [2.75, 3.05) is 25.5 Å². The molecule has 2 aromatic carbocycles. The fourth-order valence-corrected chi connectivity index (χ4v) is 4.16. The number of rotatable bonds is 7. The first kappa shape index (κ1) is 18.9. The molecule has 1 amide bonds. The predicted octanol–water partition coefficient (Wildman–Crippen LogP) is 4.17. The van der Waals surface area contributed by atoms with Gasteiger partial charge in [-0.2, -0.15) is 0 Å². The van der Waals surface area contributed by atoms with E-state index in [1.807, 2.05) is 36.4 Å². The van der Waals surface area contributed by atoms with Crippen LogP contribution in [0.1, 0.15) is 24.8 Å². The summed E-state index contributed by atoms with van der Waals surface area (Å²) < 4.78 is 19.2. The molecule has 0 saturated carbocycles. The van der Waals surface area contributed by atoms with Gasteiger partial charge in [0.2, 0.25) is 5.91 Å². The average Bonchev–Trinajstić information content (AvgIpc) is 2.68. The minimum Gasteiger partial charge on any atom is -0.381 e. The molecule has 0 atom stereocenters. The highest BCUT2D eigenvalue weighted by molar-refractivity contribution is 7.99. The third-order valence-corrected chi connectivity index (χ3v) is 5.87. The molecule has 0 aromatic heterocycles. The van der Waals surface area contributed by atoms with Crippen LogP contribution in [0.2, 0.25) is 0 Å². The Labute approximate surface area is 158 Å². The molecular weight excluding hydrogens is 349 g/mol. The summed E-state index contributed by atoms with van der Waals surface area (Å²) in [7, 11) is 0. The number of hydrogen-bond donors (Lipinski definition) is 1. The largest absolute Gasteiger partial charge is 0.381 e. The van der Waals surface area contributed by atoms with Gasteiger partial charge in [-0.05, 0) is 42.7 Å². The van der Waals surface area contributed by atoms with Crippen molar-refractivity contribution in [3.05, 3.63) is 66.0 Å². The van der Waals surface area contributed by atoms with E-state index in [2.05, 4.69) is 5.32 Å². The normalized spacial score (nSPS) is 16.2. The van der Waals surface area contributed by atoms with Crippen molar-refractivity contribution in [2.45, 2.75) is 29.6 Å². The maximum Gasteiger partial charge on any atom is 0.220 e. The SMILES string of the molecule is O=C(CCSc1ccccc1)NCC1(c2cccc(F)c2)CCOCC1. The Balaban J connectivity index is 1.55. The topological polar surface area (TPSA) is 38.3 Å². The van der Waals surface area contributed by atoms with Gasteiger partial charge < -0.3 is 10.1 Å². The van der Waals surface area contributed by atoms with Crippen LogP contribution >= 0.6 is 11.8 Å². The van der Waals surface area contributed by atoms with Gasteiger partial charge in [0.25, 0.3) is 0 Å². The lowest BCUT2D eigenvalue weighted by Gasteiger charge is -2.38. The van der Waals surface area contributed by atoms with Gasteiger partial charge in [0.15, 0.2) is 0 Å². The highest BCUT2D eigenvalue weighted by Crippen LogP contribution is 2.34. The Kier molecular flexibility index (Phi) is 6.69. The maximum absolute atomic E-state index is 13.7. The molecule has 5 heteroatoms. The molecule has 138 valence electrons. The van der Waals surface area contributed by atoms with Gasteiger partial charge in [-0.15, -0.1) is 11.8 Å². The summed E-state index contributed by atoms with van der Waals surface area (Å²) in [6.45, 7) is 1.79. The quantitative estimate of drug-likeness (QED) is 0.740. The molecule has 1 N–H and O–H groups in total. The van der Waals surface area contributed by atoms with Gasteiger partial charge in [-0.1, -0.05) is 30.3 Å². The number of carbonyl (C=O) groups excluding carboxylic acids is 1. The molecule has 26 heavy (non-hydrogen) atoms. The number of nitrogens with one attached hydrogen (secondary N) is 1. The van der Waals surface area contributed by atoms with Crippen molar-refractivity contribution < 1.29 is 13.9 Å². The molecule has 1 fully saturated rings. The summed E-state index contributed by atoms with van der Waals surface area (Å²) in [5.74, 6) is 0.543. The van der Waals surface area contributed by atoms with Crippen LogP contribution in [0.25, 0.3) is 0 Å². The fourth-order valence-electron chi connectivity index (χ4n) is 3.28. The third-order valence-electron chi connectivity index (χ3n) is 4.85. The van der Waals surface area contributed by atoms with Crippen LogP contribution in [0.5, 0.6) is 0 Å². The second-order valence-electron chi connectivity index (χ2n) is 6.59. The highest BCUT2D eigenvalue weighted by atomic mass is 32.2. The zero-order valence-electron chi connectivity index (χ0n) is 14.7. The number of halogens is 1. The molecule has 1 heterocycles. The average molecular weight is 373 g/mol. The molecular formula is C21H24FNO2S. The van der Waals surface area contributed by atoms with Crippen LogP contribution in [0.15, 0.2) is 59.5 Å². The standard InChI is InChI=1S/C21H24FNO2S/c22-18-6-4-5-17(15-18)21(10-12-25-13-11-21)16-23-20(24)9-14-26-19-7-2-1-3-8-19/h1-8,15H,9-14,16H2,(H,23,24). The van der Waals surface area contributed by atoms with Crippen molar-refractivity contribution in [3.8, 4) is 0 Å². The molecule has 0 bridgehead atoms. The summed E-state index contributed by atoms with van der Waals surface area (Å²) in [4.78, 5) is 13.5. The lowest BCUT2D eigenvalue weighted by Crippen LogP contribution is -2.44. The van der Waals surface area contributed by atoms with Crippen molar-refractivity contribution in [1.29, 1.82) is 0 Å². The summed E-state index contributed by atoms with van der Waals surface area (Å²) in [6, 6.07) is 16.8.